The predicted molar refractivity (Wildman–Crippen MR) is 116 cm³/mol. The zero-order valence-corrected chi connectivity index (χ0v) is 17.9. The molecule has 0 radical (unpaired) electrons. The van der Waals surface area contributed by atoms with E-state index in [1.807, 2.05) is 58.0 Å². The van der Waals surface area contributed by atoms with Gasteiger partial charge in [-0.15, -0.1) is 0 Å². The van der Waals surface area contributed by atoms with Crippen LogP contribution in [0, 0.1) is 6.92 Å². The second-order valence-corrected chi connectivity index (χ2v) is 8.05. The average Bonchev–Trinajstić information content (AvgIpc) is 2.96. The molecule has 2 aromatic carbocycles. The van der Waals surface area contributed by atoms with Gasteiger partial charge in [0.15, 0.2) is 11.5 Å². The third-order valence-electron chi connectivity index (χ3n) is 4.42. The summed E-state index contributed by atoms with van der Waals surface area (Å²) < 4.78 is 11.7. The van der Waals surface area contributed by atoms with Crippen molar-refractivity contribution in [2.45, 2.75) is 40.3 Å². The highest BCUT2D eigenvalue weighted by Crippen LogP contribution is 2.35. The number of carbonyl (C=O) groups excluding carboxylic acids is 2. The van der Waals surface area contributed by atoms with Crippen molar-refractivity contribution in [1.82, 2.24) is 4.90 Å². The largest absolute Gasteiger partial charge is 0.490 e. The molecular weight excluding hydrogens is 386 g/mol. The molecule has 0 bridgehead atoms. The van der Waals surface area contributed by atoms with E-state index in [9.17, 15) is 9.59 Å². The molecule has 5 nitrogen and oxygen atoms in total. The Balaban J connectivity index is 1.79. The van der Waals surface area contributed by atoms with Crippen LogP contribution in [0.3, 0.4) is 0 Å². The number of hydrogen-bond donors (Lipinski definition) is 0. The minimum atomic E-state index is -0.257. The third-order valence-corrected chi connectivity index (χ3v) is 5.30. The first-order valence-electron chi connectivity index (χ1n) is 9.61. The number of imide groups is 1. The minimum absolute atomic E-state index is 0.162. The van der Waals surface area contributed by atoms with Gasteiger partial charge in [0.25, 0.3) is 11.1 Å². The molecule has 1 aliphatic heterocycles. The topological polar surface area (TPSA) is 55.8 Å². The molecule has 0 spiro atoms. The maximum Gasteiger partial charge on any atom is 0.293 e. The van der Waals surface area contributed by atoms with E-state index >= 15 is 0 Å². The van der Waals surface area contributed by atoms with Gasteiger partial charge in [-0.3, -0.25) is 14.5 Å². The van der Waals surface area contributed by atoms with Crippen LogP contribution in [-0.2, 0) is 11.4 Å². The maximum absolute atomic E-state index is 12.5. The summed E-state index contributed by atoms with van der Waals surface area (Å²) in [5.74, 6) is 0.990. The molecule has 152 valence electrons. The van der Waals surface area contributed by atoms with Crippen molar-refractivity contribution >= 4 is 29.0 Å². The van der Waals surface area contributed by atoms with E-state index in [1.165, 1.54) is 10.5 Å². The van der Waals surface area contributed by atoms with Gasteiger partial charge in [0.2, 0.25) is 0 Å². The highest BCUT2D eigenvalue weighted by Gasteiger charge is 2.36. The SMILES string of the molecule is CCOc1cc(/C=C2/SC(=O)N(C(C)C)C2=O)ccc1OCc1ccc(C)cc1. The molecule has 6 heteroatoms. The molecule has 1 fully saturated rings. The van der Waals surface area contributed by atoms with E-state index in [0.29, 0.717) is 29.6 Å². The van der Waals surface area contributed by atoms with Crippen LogP contribution in [0.1, 0.15) is 37.5 Å². The monoisotopic (exact) mass is 411 g/mol. The Morgan fingerprint density at radius 1 is 1.03 bits per heavy atom. The first-order chi connectivity index (χ1) is 13.9. The van der Waals surface area contributed by atoms with E-state index in [-0.39, 0.29) is 17.2 Å². The van der Waals surface area contributed by atoms with Gasteiger partial charge >= 0.3 is 0 Å². The average molecular weight is 412 g/mol. The lowest BCUT2D eigenvalue weighted by atomic mass is 10.1. The summed E-state index contributed by atoms with van der Waals surface area (Å²) in [6.45, 7) is 8.54. The lowest BCUT2D eigenvalue weighted by Crippen LogP contribution is -2.34. The number of ether oxygens (including phenoxy) is 2. The number of aryl methyl sites for hydroxylation is 1. The van der Waals surface area contributed by atoms with Gasteiger partial charge in [0, 0.05) is 6.04 Å². The van der Waals surface area contributed by atoms with Crippen molar-refractivity contribution in [2.24, 2.45) is 0 Å². The maximum atomic E-state index is 12.5. The summed E-state index contributed by atoms with van der Waals surface area (Å²) in [6.07, 6.45) is 1.72. The molecule has 0 aliphatic carbocycles. The summed E-state index contributed by atoms with van der Waals surface area (Å²) in [5.41, 5.74) is 3.06. The molecule has 3 rings (SSSR count). The van der Waals surface area contributed by atoms with Crippen molar-refractivity contribution in [1.29, 1.82) is 0 Å². The van der Waals surface area contributed by atoms with E-state index in [4.69, 9.17) is 9.47 Å². The van der Waals surface area contributed by atoms with Crippen molar-refractivity contribution in [2.75, 3.05) is 6.61 Å². The number of thioether (sulfide) groups is 1. The minimum Gasteiger partial charge on any atom is -0.490 e. The fourth-order valence-corrected chi connectivity index (χ4v) is 3.88. The first-order valence-corrected chi connectivity index (χ1v) is 10.4. The Morgan fingerprint density at radius 3 is 2.38 bits per heavy atom. The second-order valence-electron chi connectivity index (χ2n) is 7.06. The number of carbonyl (C=O) groups is 2. The molecular formula is C23H25NO4S. The van der Waals surface area contributed by atoms with Crippen LogP contribution in [0.15, 0.2) is 47.4 Å². The Morgan fingerprint density at radius 2 is 1.76 bits per heavy atom. The molecule has 1 aliphatic rings. The standard InChI is InChI=1S/C23H25NO4S/c1-5-27-20-12-18(13-21-22(25)24(15(2)3)23(26)29-21)10-11-19(20)28-14-17-8-6-16(4)7-9-17/h6-13,15H,5,14H2,1-4H3/b21-13+. The summed E-state index contributed by atoms with van der Waals surface area (Å²) in [7, 11) is 0. The molecule has 0 atom stereocenters. The van der Waals surface area contributed by atoms with Crippen LogP contribution in [-0.4, -0.2) is 28.7 Å². The summed E-state index contributed by atoms with van der Waals surface area (Å²) in [6, 6.07) is 13.5. The van der Waals surface area contributed by atoms with E-state index in [0.717, 1.165) is 22.9 Å². The zero-order chi connectivity index (χ0) is 21.0. The van der Waals surface area contributed by atoms with Crippen LogP contribution in [0.5, 0.6) is 11.5 Å². The molecule has 0 aromatic heterocycles. The highest BCUT2D eigenvalue weighted by molar-refractivity contribution is 8.18. The van der Waals surface area contributed by atoms with Gasteiger partial charge in [-0.25, -0.2) is 0 Å². The summed E-state index contributed by atoms with van der Waals surface area (Å²) >= 11 is 0.964. The molecule has 1 saturated heterocycles. The second kappa shape index (κ2) is 9.18. The van der Waals surface area contributed by atoms with Gasteiger partial charge < -0.3 is 9.47 Å². The first kappa shape index (κ1) is 21.0. The van der Waals surface area contributed by atoms with E-state index in [1.54, 1.807) is 6.08 Å². The normalized spacial score (nSPS) is 15.5. The van der Waals surface area contributed by atoms with Crippen LogP contribution >= 0.6 is 11.8 Å². The van der Waals surface area contributed by atoms with Crippen molar-refractivity contribution in [3.8, 4) is 11.5 Å². The van der Waals surface area contributed by atoms with Gasteiger partial charge in [0.1, 0.15) is 6.61 Å². The van der Waals surface area contributed by atoms with E-state index in [2.05, 4.69) is 12.1 Å². The fraction of sp³-hybridized carbons (Fsp3) is 0.304. The molecule has 2 aromatic rings. The predicted octanol–water partition coefficient (Wildman–Crippen LogP) is 5.42. The number of hydrogen-bond acceptors (Lipinski definition) is 5. The molecule has 0 N–H and O–H groups in total. The van der Waals surface area contributed by atoms with Crippen molar-refractivity contribution in [3.05, 3.63) is 64.1 Å². The number of nitrogens with zero attached hydrogens (tertiary/aromatic N) is 1. The quantitative estimate of drug-likeness (QED) is 0.570. The van der Waals surface area contributed by atoms with Crippen LogP contribution in [0.2, 0.25) is 0 Å². The van der Waals surface area contributed by atoms with Crippen molar-refractivity contribution in [3.63, 3.8) is 0 Å². The lowest BCUT2D eigenvalue weighted by Gasteiger charge is -2.16. The van der Waals surface area contributed by atoms with Gasteiger partial charge in [-0.1, -0.05) is 35.9 Å². The van der Waals surface area contributed by atoms with Crippen LogP contribution in [0.25, 0.3) is 6.08 Å². The summed E-state index contributed by atoms with van der Waals surface area (Å²) in [4.78, 5) is 26.2. The van der Waals surface area contributed by atoms with Crippen molar-refractivity contribution < 1.29 is 19.1 Å². The Hall–Kier alpha value is -2.73. The Labute approximate surface area is 175 Å². The molecule has 29 heavy (non-hydrogen) atoms. The van der Waals surface area contributed by atoms with Crippen LogP contribution < -0.4 is 9.47 Å². The van der Waals surface area contributed by atoms with Gasteiger partial charge in [0.05, 0.1) is 11.5 Å². The Bertz CT molecular complexity index is 934. The fourth-order valence-electron chi connectivity index (χ4n) is 2.92. The highest BCUT2D eigenvalue weighted by atomic mass is 32.2. The zero-order valence-electron chi connectivity index (χ0n) is 17.1. The molecule has 1 heterocycles. The van der Waals surface area contributed by atoms with Gasteiger partial charge in [-0.2, -0.15) is 0 Å². The smallest absolute Gasteiger partial charge is 0.293 e. The molecule has 0 unspecified atom stereocenters. The molecule has 0 saturated carbocycles. The number of amides is 2. The summed E-state index contributed by atoms with van der Waals surface area (Å²) in [5, 5.41) is -0.237. The van der Waals surface area contributed by atoms with Gasteiger partial charge in [-0.05, 0) is 68.8 Å². The van der Waals surface area contributed by atoms with E-state index < -0.39 is 0 Å². The number of benzene rings is 2. The Kier molecular flexibility index (Phi) is 6.64. The lowest BCUT2D eigenvalue weighted by molar-refractivity contribution is -0.123. The number of rotatable bonds is 7. The molecule has 2 amide bonds. The third kappa shape index (κ3) is 5.01. The van der Waals surface area contributed by atoms with Crippen LogP contribution in [0.4, 0.5) is 4.79 Å².